The molecule has 6 nitrogen and oxygen atoms in total. The van der Waals surface area contributed by atoms with Crippen molar-refractivity contribution in [2.45, 2.75) is 13.3 Å². The van der Waals surface area contributed by atoms with Crippen LogP contribution in [-0.4, -0.2) is 27.5 Å². The minimum atomic E-state index is -2.77. The Morgan fingerprint density at radius 1 is 1.09 bits per heavy atom. The first kappa shape index (κ1) is 22.5. The molecule has 0 spiro atoms. The number of nitrogens with zero attached hydrogens (tertiary/aromatic N) is 3. The van der Waals surface area contributed by atoms with Crippen LogP contribution < -0.4 is 11.0 Å². The van der Waals surface area contributed by atoms with E-state index in [1.54, 1.807) is 18.2 Å². The monoisotopic (exact) mass is 478 g/mol. The molecule has 170 valence electrons. The molecule has 33 heavy (non-hydrogen) atoms. The standard InChI is InChI=1S/C22H15ClF4N4O2/c1-11-3-2-4-13(7-11)21-30-20(18(33-21)12-5-6-14(23)15(24)8-12)31-10-16(25)19(29-22(31)32)28-9-17(26)27/h2-8,10,17H,9H2,1H3,(H,28,29,32). The number of hydrogen-bond donors (Lipinski definition) is 1. The Hall–Kier alpha value is -3.66. The summed E-state index contributed by atoms with van der Waals surface area (Å²) in [5.41, 5.74) is 0.651. The molecule has 0 amide bonds. The van der Waals surface area contributed by atoms with Gasteiger partial charge >= 0.3 is 5.69 Å². The fourth-order valence-corrected chi connectivity index (χ4v) is 3.20. The number of halogens is 5. The Morgan fingerprint density at radius 3 is 2.58 bits per heavy atom. The van der Waals surface area contributed by atoms with Crippen LogP contribution in [0.4, 0.5) is 23.4 Å². The van der Waals surface area contributed by atoms with Gasteiger partial charge in [0, 0.05) is 11.1 Å². The van der Waals surface area contributed by atoms with Crippen molar-refractivity contribution in [3.8, 4) is 28.6 Å². The number of alkyl halides is 2. The van der Waals surface area contributed by atoms with Crippen LogP contribution in [0, 0.1) is 18.6 Å². The average Bonchev–Trinajstić information content (AvgIpc) is 3.21. The Bertz CT molecular complexity index is 1390. The van der Waals surface area contributed by atoms with Crippen LogP contribution in [0.2, 0.25) is 5.02 Å². The summed E-state index contributed by atoms with van der Waals surface area (Å²) < 4.78 is 60.1. The minimum absolute atomic E-state index is 0.0429. The lowest BCUT2D eigenvalue weighted by atomic mass is 10.1. The van der Waals surface area contributed by atoms with Crippen molar-refractivity contribution in [3.63, 3.8) is 0 Å². The summed E-state index contributed by atoms with van der Waals surface area (Å²) in [6.07, 6.45) is -2.02. The number of nitrogens with one attached hydrogen (secondary N) is 1. The van der Waals surface area contributed by atoms with Gasteiger partial charge in [-0.25, -0.2) is 26.9 Å². The highest BCUT2D eigenvalue weighted by Crippen LogP contribution is 2.33. The molecule has 0 aliphatic carbocycles. The van der Waals surface area contributed by atoms with Gasteiger partial charge in [-0.3, -0.25) is 0 Å². The second kappa shape index (κ2) is 9.07. The molecular formula is C22H15ClF4N4O2. The van der Waals surface area contributed by atoms with Crippen LogP contribution in [0.25, 0.3) is 28.6 Å². The zero-order valence-corrected chi connectivity index (χ0v) is 17.7. The van der Waals surface area contributed by atoms with Gasteiger partial charge in [-0.05, 0) is 37.3 Å². The van der Waals surface area contributed by atoms with E-state index in [0.29, 0.717) is 5.56 Å². The number of anilines is 1. The summed E-state index contributed by atoms with van der Waals surface area (Å²) in [4.78, 5) is 20.4. The van der Waals surface area contributed by atoms with Gasteiger partial charge in [0.15, 0.2) is 23.2 Å². The number of benzene rings is 2. The third-order valence-corrected chi connectivity index (χ3v) is 4.90. The predicted molar refractivity (Wildman–Crippen MR) is 115 cm³/mol. The second-order valence-electron chi connectivity index (χ2n) is 7.03. The van der Waals surface area contributed by atoms with Crippen LogP contribution in [-0.2, 0) is 0 Å². The zero-order chi connectivity index (χ0) is 23.7. The van der Waals surface area contributed by atoms with Crippen molar-refractivity contribution in [1.29, 1.82) is 0 Å². The lowest BCUT2D eigenvalue weighted by Gasteiger charge is -2.08. The summed E-state index contributed by atoms with van der Waals surface area (Å²) in [5, 5.41) is 1.94. The number of aromatic nitrogens is 3. The van der Waals surface area contributed by atoms with Crippen molar-refractivity contribution in [1.82, 2.24) is 14.5 Å². The predicted octanol–water partition coefficient (Wildman–Crippen LogP) is 5.47. The Balaban J connectivity index is 1.89. The van der Waals surface area contributed by atoms with E-state index in [-0.39, 0.29) is 28.1 Å². The van der Waals surface area contributed by atoms with Gasteiger partial charge in [-0.1, -0.05) is 29.3 Å². The van der Waals surface area contributed by atoms with E-state index in [0.717, 1.165) is 22.4 Å². The maximum atomic E-state index is 14.5. The maximum absolute atomic E-state index is 14.5. The molecule has 0 bridgehead atoms. The van der Waals surface area contributed by atoms with Gasteiger partial charge in [-0.15, -0.1) is 0 Å². The third-order valence-electron chi connectivity index (χ3n) is 4.59. The van der Waals surface area contributed by atoms with Gasteiger partial charge in [0.1, 0.15) is 5.82 Å². The molecule has 0 saturated carbocycles. The largest absolute Gasteiger partial charge is 0.434 e. The molecule has 0 unspecified atom stereocenters. The highest BCUT2D eigenvalue weighted by atomic mass is 35.5. The van der Waals surface area contributed by atoms with Crippen LogP contribution in [0.15, 0.2) is 57.9 Å². The Labute approximate surface area is 189 Å². The number of aryl methyl sites for hydroxylation is 1. The van der Waals surface area contributed by atoms with Crippen molar-refractivity contribution in [3.05, 3.63) is 81.4 Å². The van der Waals surface area contributed by atoms with Gasteiger partial charge in [0.25, 0.3) is 6.43 Å². The first-order valence-corrected chi connectivity index (χ1v) is 9.95. The number of rotatable bonds is 6. The molecule has 2 aromatic carbocycles. The molecule has 0 radical (unpaired) electrons. The first-order chi connectivity index (χ1) is 15.7. The molecule has 4 aromatic rings. The van der Waals surface area contributed by atoms with Crippen molar-refractivity contribution in [2.75, 3.05) is 11.9 Å². The van der Waals surface area contributed by atoms with Gasteiger partial charge in [-0.2, -0.15) is 9.97 Å². The molecule has 11 heteroatoms. The van der Waals surface area contributed by atoms with E-state index in [1.807, 2.05) is 13.0 Å². The molecule has 0 fully saturated rings. The molecule has 2 aromatic heterocycles. The van der Waals surface area contributed by atoms with Crippen LogP contribution in [0.3, 0.4) is 0 Å². The Kier molecular flexibility index (Phi) is 6.19. The Morgan fingerprint density at radius 2 is 1.88 bits per heavy atom. The molecular weight excluding hydrogens is 464 g/mol. The summed E-state index contributed by atoms with van der Waals surface area (Å²) in [6, 6.07) is 11.0. The highest BCUT2D eigenvalue weighted by molar-refractivity contribution is 6.30. The topological polar surface area (TPSA) is 73.0 Å². The zero-order valence-electron chi connectivity index (χ0n) is 17.0. The summed E-state index contributed by atoms with van der Waals surface area (Å²) in [7, 11) is 0. The molecule has 1 N–H and O–H groups in total. The van der Waals surface area contributed by atoms with E-state index in [2.05, 4.69) is 15.3 Å². The summed E-state index contributed by atoms with van der Waals surface area (Å²) in [6.45, 7) is 0.974. The van der Waals surface area contributed by atoms with Crippen LogP contribution >= 0.6 is 11.6 Å². The number of hydrogen-bond acceptors (Lipinski definition) is 5. The van der Waals surface area contributed by atoms with Crippen LogP contribution in [0.1, 0.15) is 5.56 Å². The minimum Gasteiger partial charge on any atom is -0.434 e. The lowest BCUT2D eigenvalue weighted by Crippen LogP contribution is -2.25. The second-order valence-corrected chi connectivity index (χ2v) is 7.44. The van der Waals surface area contributed by atoms with E-state index >= 15 is 0 Å². The smallest absolute Gasteiger partial charge is 0.355 e. The van der Waals surface area contributed by atoms with E-state index in [1.165, 1.54) is 12.1 Å². The molecule has 0 atom stereocenters. The fourth-order valence-electron chi connectivity index (χ4n) is 3.08. The van der Waals surface area contributed by atoms with Gasteiger partial charge in [0.05, 0.1) is 17.8 Å². The van der Waals surface area contributed by atoms with Gasteiger partial charge < -0.3 is 9.73 Å². The quantitative estimate of drug-likeness (QED) is 0.372. The molecule has 0 saturated heterocycles. The first-order valence-electron chi connectivity index (χ1n) is 9.58. The third kappa shape index (κ3) is 4.75. The lowest BCUT2D eigenvalue weighted by molar-refractivity contribution is 0.163. The van der Waals surface area contributed by atoms with Crippen molar-refractivity contribution in [2.24, 2.45) is 0 Å². The van der Waals surface area contributed by atoms with Crippen LogP contribution in [0.5, 0.6) is 0 Å². The van der Waals surface area contributed by atoms with E-state index < -0.39 is 36.1 Å². The molecule has 0 aliphatic rings. The maximum Gasteiger partial charge on any atom is 0.355 e. The average molecular weight is 479 g/mol. The summed E-state index contributed by atoms with van der Waals surface area (Å²) in [5.74, 6) is -2.55. The molecule has 4 rings (SSSR count). The SMILES string of the molecule is Cc1cccc(-c2nc(-n3cc(F)c(NCC(F)F)nc3=O)c(-c3ccc(Cl)c(F)c3)o2)c1. The number of oxazole rings is 1. The summed E-state index contributed by atoms with van der Waals surface area (Å²) >= 11 is 5.76. The highest BCUT2D eigenvalue weighted by Gasteiger charge is 2.22. The molecule has 0 aliphatic heterocycles. The van der Waals surface area contributed by atoms with E-state index in [9.17, 15) is 22.4 Å². The van der Waals surface area contributed by atoms with E-state index in [4.69, 9.17) is 16.0 Å². The molecule has 2 heterocycles. The fraction of sp³-hybridized carbons (Fsp3) is 0.136. The van der Waals surface area contributed by atoms with Gasteiger partial charge in [0.2, 0.25) is 5.89 Å². The van der Waals surface area contributed by atoms with Crippen molar-refractivity contribution >= 4 is 17.4 Å². The van der Waals surface area contributed by atoms with Crippen molar-refractivity contribution < 1.29 is 22.0 Å². The normalized spacial score (nSPS) is 11.2.